The number of carbonyl (C=O) groups excluding carboxylic acids is 2. The van der Waals surface area contributed by atoms with E-state index in [1.54, 1.807) is 6.92 Å². The molecular weight excluding hydrogens is 269 g/mol. The van der Waals surface area contributed by atoms with Gasteiger partial charge in [-0.15, -0.1) is 0 Å². The Morgan fingerprint density at radius 1 is 1.45 bits per heavy atom. The molecule has 0 heterocycles. The minimum atomic E-state index is -1.16. The van der Waals surface area contributed by atoms with Crippen LogP contribution >= 0.6 is 0 Å². The molecule has 1 unspecified atom stereocenters. The summed E-state index contributed by atoms with van der Waals surface area (Å²) in [7, 11) is 0. The molecule has 0 saturated carbocycles. The lowest BCUT2D eigenvalue weighted by molar-refractivity contribution is -0.387. The zero-order chi connectivity index (χ0) is 15.3. The van der Waals surface area contributed by atoms with Crippen LogP contribution < -0.4 is 0 Å². The highest BCUT2D eigenvalue weighted by molar-refractivity contribution is 5.98. The summed E-state index contributed by atoms with van der Waals surface area (Å²) in [5.74, 6) is -3.43. The van der Waals surface area contributed by atoms with Crippen molar-refractivity contribution >= 4 is 17.4 Å². The molecule has 6 nitrogen and oxygen atoms in total. The molecule has 0 aromatic heterocycles. The minimum Gasteiger partial charge on any atom is -0.465 e. The largest absolute Gasteiger partial charge is 0.465 e. The first kappa shape index (κ1) is 15.7. The maximum atomic E-state index is 13.9. The minimum absolute atomic E-state index is 0.0625. The third kappa shape index (κ3) is 3.59. The average molecular weight is 283 g/mol. The van der Waals surface area contributed by atoms with Crippen LogP contribution in [0.2, 0.25) is 0 Å². The number of hydrogen-bond acceptors (Lipinski definition) is 5. The second-order valence-corrected chi connectivity index (χ2v) is 4.13. The van der Waals surface area contributed by atoms with Gasteiger partial charge >= 0.3 is 11.7 Å². The molecule has 0 N–H and O–H groups in total. The predicted octanol–water partition coefficient (Wildman–Crippen LogP) is 2.04. The van der Waals surface area contributed by atoms with Gasteiger partial charge in [0.15, 0.2) is 0 Å². The summed E-state index contributed by atoms with van der Waals surface area (Å²) in [5.41, 5.74) is -0.749. The summed E-state index contributed by atoms with van der Waals surface area (Å²) < 4.78 is 18.6. The van der Waals surface area contributed by atoms with Crippen molar-refractivity contribution in [3.63, 3.8) is 0 Å². The Bertz CT molecular complexity index is 544. The third-order valence-corrected chi connectivity index (χ3v) is 2.74. The van der Waals surface area contributed by atoms with Gasteiger partial charge in [-0.1, -0.05) is 12.1 Å². The fourth-order valence-electron chi connectivity index (χ4n) is 1.72. The fraction of sp³-hybridized carbons (Fsp3) is 0.385. The summed E-state index contributed by atoms with van der Waals surface area (Å²) in [6, 6.07) is 3.63. The smallest absolute Gasteiger partial charge is 0.316 e. The number of esters is 1. The normalized spacial score (nSPS) is 11.8. The number of benzene rings is 1. The van der Waals surface area contributed by atoms with E-state index < -0.39 is 34.1 Å². The second kappa shape index (κ2) is 6.74. The quantitative estimate of drug-likeness (QED) is 0.345. The standard InChI is InChI=1S/C13H14FNO5/c1-3-20-13(17)10(8(2)16)7-9-5-4-6-11(12(9)14)15(18)19/h4-6,10H,3,7H2,1-2H3. The van der Waals surface area contributed by atoms with E-state index in [0.29, 0.717) is 0 Å². The van der Waals surface area contributed by atoms with Crippen LogP contribution in [-0.4, -0.2) is 23.3 Å². The molecule has 0 aliphatic rings. The zero-order valence-corrected chi connectivity index (χ0v) is 11.1. The third-order valence-electron chi connectivity index (χ3n) is 2.74. The van der Waals surface area contributed by atoms with Crippen LogP contribution in [0.3, 0.4) is 0 Å². The van der Waals surface area contributed by atoms with E-state index in [1.807, 2.05) is 0 Å². The van der Waals surface area contributed by atoms with Crippen LogP contribution in [0.4, 0.5) is 10.1 Å². The van der Waals surface area contributed by atoms with E-state index in [1.165, 1.54) is 19.1 Å². The van der Waals surface area contributed by atoms with Crippen LogP contribution in [0.5, 0.6) is 0 Å². The molecule has 1 rings (SSSR count). The van der Waals surface area contributed by atoms with Crippen LogP contribution in [0.1, 0.15) is 19.4 Å². The van der Waals surface area contributed by atoms with E-state index in [4.69, 9.17) is 4.74 Å². The summed E-state index contributed by atoms with van der Waals surface area (Å²) in [4.78, 5) is 32.8. The van der Waals surface area contributed by atoms with E-state index in [9.17, 15) is 24.1 Å². The van der Waals surface area contributed by atoms with E-state index in [-0.39, 0.29) is 18.6 Å². The van der Waals surface area contributed by atoms with E-state index in [0.717, 1.165) is 6.07 Å². The van der Waals surface area contributed by atoms with Gasteiger partial charge in [-0.2, -0.15) is 4.39 Å². The molecule has 7 heteroatoms. The van der Waals surface area contributed by atoms with Crippen molar-refractivity contribution in [2.24, 2.45) is 5.92 Å². The fourth-order valence-corrected chi connectivity index (χ4v) is 1.72. The highest BCUT2D eigenvalue weighted by Gasteiger charge is 2.28. The molecule has 0 amide bonds. The van der Waals surface area contributed by atoms with Gasteiger partial charge < -0.3 is 4.74 Å². The van der Waals surface area contributed by atoms with Crippen LogP contribution in [-0.2, 0) is 20.7 Å². The summed E-state index contributed by atoms with van der Waals surface area (Å²) >= 11 is 0. The predicted molar refractivity (Wildman–Crippen MR) is 67.6 cm³/mol. The SMILES string of the molecule is CCOC(=O)C(Cc1cccc([N+](=O)[O-])c1F)C(C)=O. The van der Waals surface area contributed by atoms with Gasteiger partial charge in [0.25, 0.3) is 0 Å². The van der Waals surface area contributed by atoms with E-state index >= 15 is 0 Å². The summed E-state index contributed by atoms with van der Waals surface area (Å²) in [6.07, 6.45) is -0.262. The molecule has 0 bridgehead atoms. The first-order chi connectivity index (χ1) is 9.38. The number of ketones is 1. The number of ether oxygens (including phenoxy) is 1. The van der Waals surface area contributed by atoms with Gasteiger partial charge in [0.05, 0.1) is 11.5 Å². The number of hydrogen-bond donors (Lipinski definition) is 0. The first-order valence-corrected chi connectivity index (χ1v) is 5.97. The molecule has 20 heavy (non-hydrogen) atoms. The van der Waals surface area contributed by atoms with Gasteiger partial charge in [0, 0.05) is 6.07 Å². The van der Waals surface area contributed by atoms with Crippen molar-refractivity contribution in [1.29, 1.82) is 0 Å². The molecule has 0 spiro atoms. The molecular formula is C13H14FNO5. The highest BCUT2D eigenvalue weighted by atomic mass is 19.1. The van der Waals surface area contributed by atoms with Crippen molar-refractivity contribution in [1.82, 2.24) is 0 Å². The summed E-state index contributed by atoms with van der Waals surface area (Å²) in [6.45, 7) is 2.87. The monoisotopic (exact) mass is 283 g/mol. The first-order valence-electron chi connectivity index (χ1n) is 5.97. The van der Waals surface area contributed by atoms with Crippen molar-refractivity contribution < 1.29 is 23.6 Å². The Hall–Kier alpha value is -2.31. The Kier molecular flexibility index (Phi) is 5.31. The molecule has 0 aliphatic heterocycles. The van der Waals surface area contributed by atoms with E-state index in [2.05, 4.69) is 0 Å². The number of Topliss-reactive ketones (excluding diaryl/α,β-unsaturated/α-hetero) is 1. The Morgan fingerprint density at radius 2 is 2.10 bits per heavy atom. The molecule has 0 radical (unpaired) electrons. The molecule has 1 atom stereocenters. The molecule has 1 aromatic rings. The number of rotatable bonds is 6. The molecule has 0 saturated heterocycles. The van der Waals surface area contributed by atoms with Crippen LogP contribution in [0.15, 0.2) is 18.2 Å². The van der Waals surface area contributed by atoms with Gasteiger partial charge in [-0.25, -0.2) is 0 Å². The summed E-state index contributed by atoms with van der Waals surface area (Å²) in [5, 5.41) is 10.6. The highest BCUT2D eigenvalue weighted by Crippen LogP contribution is 2.23. The Balaban J connectivity index is 3.06. The maximum absolute atomic E-state index is 13.9. The molecule has 1 aromatic carbocycles. The lowest BCUT2D eigenvalue weighted by Gasteiger charge is -2.13. The number of nitro groups is 1. The van der Waals surface area contributed by atoms with Crippen LogP contribution in [0.25, 0.3) is 0 Å². The Labute approximate surface area is 114 Å². The van der Waals surface area contributed by atoms with Gasteiger partial charge in [0.2, 0.25) is 5.82 Å². The van der Waals surface area contributed by atoms with Gasteiger partial charge in [-0.05, 0) is 25.8 Å². The maximum Gasteiger partial charge on any atom is 0.316 e. The van der Waals surface area contributed by atoms with Crippen molar-refractivity contribution in [2.45, 2.75) is 20.3 Å². The lowest BCUT2D eigenvalue weighted by Crippen LogP contribution is -2.26. The molecule has 0 aliphatic carbocycles. The average Bonchev–Trinajstić information content (AvgIpc) is 2.36. The van der Waals surface area contributed by atoms with Crippen molar-refractivity contribution in [3.8, 4) is 0 Å². The lowest BCUT2D eigenvalue weighted by atomic mass is 9.95. The number of nitrogens with zero attached hydrogens (tertiary/aromatic N) is 1. The molecule has 0 fully saturated rings. The molecule has 108 valence electrons. The van der Waals surface area contributed by atoms with Crippen LogP contribution in [0, 0.1) is 21.8 Å². The number of halogens is 1. The van der Waals surface area contributed by atoms with Crippen molar-refractivity contribution in [3.05, 3.63) is 39.7 Å². The number of carbonyl (C=O) groups is 2. The Morgan fingerprint density at radius 3 is 2.60 bits per heavy atom. The topological polar surface area (TPSA) is 86.5 Å². The number of nitro benzene ring substituents is 1. The second-order valence-electron chi connectivity index (χ2n) is 4.13. The van der Waals surface area contributed by atoms with Crippen molar-refractivity contribution in [2.75, 3.05) is 6.61 Å². The van der Waals surface area contributed by atoms with Gasteiger partial charge in [-0.3, -0.25) is 19.7 Å². The van der Waals surface area contributed by atoms with Gasteiger partial charge in [0.1, 0.15) is 11.7 Å². The zero-order valence-electron chi connectivity index (χ0n) is 11.1.